The van der Waals surface area contributed by atoms with Crippen LogP contribution in [0.25, 0.3) is 0 Å². The Morgan fingerprint density at radius 1 is 1.17 bits per heavy atom. The van der Waals surface area contributed by atoms with Crippen molar-refractivity contribution in [1.82, 2.24) is 9.80 Å². The van der Waals surface area contributed by atoms with E-state index < -0.39 is 0 Å². The van der Waals surface area contributed by atoms with Crippen LogP contribution in [0.5, 0.6) is 0 Å². The summed E-state index contributed by atoms with van der Waals surface area (Å²) in [7, 11) is 3.56. The molecule has 0 bridgehead atoms. The summed E-state index contributed by atoms with van der Waals surface area (Å²) < 4.78 is 4.95. The second-order valence-corrected chi connectivity index (χ2v) is 4.68. The maximum Gasteiger partial charge on any atom is 0.327 e. The fourth-order valence-corrected chi connectivity index (χ4v) is 2.32. The van der Waals surface area contributed by atoms with Crippen molar-refractivity contribution in [3.05, 3.63) is 35.9 Å². The monoisotopic (exact) mass is 248 g/mol. The summed E-state index contributed by atoms with van der Waals surface area (Å²) in [6.07, 6.45) is 0. The molecule has 4 nitrogen and oxygen atoms in total. The number of piperazine rings is 1. The van der Waals surface area contributed by atoms with Crippen molar-refractivity contribution in [3.63, 3.8) is 0 Å². The number of nitrogens with zero attached hydrogens (tertiary/aromatic N) is 2. The molecule has 0 radical (unpaired) electrons. The van der Waals surface area contributed by atoms with Gasteiger partial charge in [0.2, 0.25) is 0 Å². The Morgan fingerprint density at radius 2 is 1.78 bits per heavy atom. The molecule has 1 aromatic rings. The van der Waals surface area contributed by atoms with E-state index in [0.29, 0.717) is 0 Å². The van der Waals surface area contributed by atoms with Crippen LogP contribution in [0.2, 0.25) is 0 Å². The lowest BCUT2D eigenvalue weighted by Gasteiger charge is -2.36. The Hall–Kier alpha value is -1.39. The Labute approximate surface area is 108 Å². The zero-order valence-corrected chi connectivity index (χ0v) is 11.0. The molecular weight excluding hydrogens is 228 g/mol. The molecule has 0 amide bonds. The van der Waals surface area contributed by atoms with E-state index in [1.165, 1.54) is 7.11 Å². The molecule has 4 heteroatoms. The molecule has 0 aromatic heterocycles. The van der Waals surface area contributed by atoms with Crippen molar-refractivity contribution < 1.29 is 9.53 Å². The van der Waals surface area contributed by atoms with E-state index >= 15 is 0 Å². The van der Waals surface area contributed by atoms with Crippen LogP contribution >= 0.6 is 0 Å². The first kappa shape index (κ1) is 13.1. The quantitative estimate of drug-likeness (QED) is 0.751. The first-order chi connectivity index (χ1) is 8.72. The number of likely N-dealkylation sites (N-methyl/N-ethyl adjacent to an activating group) is 1. The van der Waals surface area contributed by atoms with Gasteiger partial charge in [0.05, 0.1) is 7.11 Å². The van der Waals surface area contributed by atoms with Crippen LogP contribution in [-0.4, -0.2) is 56.1 Å². The molecule has 18 heavy (non-hydrogen) atoms. The minimum Gasteiger partial charge on any atom is -0.468 e. The summed E-state index contributed by atoms with van der Waals surface area (Å²) >= 11 is 0. The highest BCUT2D eigenvalue weighted by atomic mass is 16.5. The fourth-order valence-electron chi connectivity index (χ4n) is 2.32. The average Bonchev–Trinajstić information content (AvgIpc) is 2.42. The van der Waals surface area contributed by atoms with Gasteiger partial charge in [0.1, 0.15) is 6.04 Å². The van der Waals surface area contributed by atoms with Gasteiger partial charge < -0.3 is 9.64 Å². The van der Waals surface area contributed by atoms with Crippen molar-refractivity contribution in [2.24, 2.45) is 0 Å². The molecule has 0 aliphatic carbocycles. The number of hydrogen-bond acceptors (Lipinski definition) is 4. The van der Waals surface area contributed by atoms with E-state index in [-0.39, 0.29) is 12.0 Å². The van der Waals surface area contributed by atoms with Crippen LogP contribution < -0.4 is 0 Å². The van der Waals surface area contributed by atoms with Crippen molar-refractivity contribution in [2.45, 2.75) is 6.04 Å². The summed E-state index contributed by atoms with van der Waals surface area (Å²) in [5.41, 5.74) is 1.01. The van der Waals surface area contributed by atoms with Gasteiger partial charge in [-0.2, -0.15) is 0 Å². The predicted molar refractivity (Wildman–Crippen MR) is 70.3 cm³/mol. The van der Waals surface area contributed by atoms with Gasteiger partial charge in [0, 0.05) is 26.2 Å². The minimum atomic E-state index is -0.273. The third kappa shape index (κ3) is 2.89. The predicted octanol–water partition coefficient (Wildman–Crippen LogP) is 1.15. The summed E-state index contributed by atoms with van der Waals surface area (Å²) in [6, 6.07) is 9.58. The zero-order valence-electron chi connectivity index (χ0n) is 11.0. The van der Waals surface area contributed by atoms with E-state index in [4.69, 9.17) is 4.74 Å². The first-order valence-corrected chi connectivity index (χ1v) is 6.27. The van der Waals surface area contributed by atoms with E-state index in [9.17, 15) is 4.79 Å². The Kier molecular flexibility index (Phi) is 4.33. The van der Waals surface area contributed by atoms with Gasteiger partial charge in [0.15, 0.2) is 0 Å². The van der Waals surface area contributed by atoms with Crippen LogP contribution in [0.3, 0.4) is 0 Å². The number of ether oxygens (including phenoxy) is 1. The van der Waals surface area contributed by atoms with Gasteiger partial charge in [0.25, 0.3) is 0 Å². The van der Waals surface area contributed by atoms with Gasteiger partial charge in [-0.3, -0.25) is 4.90 Å². The molecule has 1 aliphatic rings. The molecule has 1 unspecified atom stereocenters. The van der Waals surface area contributed by atoms with Crippen molar-refractivity contribution in [3.8, 4) is 0 Å². The van der Waals surface area contributed by atoms with Crippen LogP contribution in [0.15, 0.2) is 30.3 Å². The van der Waals surface area contributed by atoms with E-state index in [1.54, 1.807) is 0 Å². The highest BCUT2D eigenvalue weighted by Gasteiger charge is 2.30. The summed E-state index contributed by atoms with van der Waals surface area (Å²) in [6.45, 7) is 3.76. The van der Waals surface area contributed by atoms with Crippen LogP contribution in [0.1, 0.15) is 11.6 Å². The van der Waals surface area contributed by atoms with Gasteiger partial charge in [-0.25, -0.2) is 4.79 Å². The summed E-state index contributed by atoms with van der Waals surface area (Å²) in [4.78, 5) is 16.5. The Morgan fingerprint density at radius 3 is 2.33 bits per heavy atom. The molecule has 0 spiro atoms. The van der Waals surface area contributed by atoms with Crippen molar-refractivity contribution in [2.75, 3.05) is 40.3 Å². The molecule has 1 atom stereocenters. The number of rotatable bonds is 3. The molecule has 0 saturated carbocycles. The first-order valence-electron chi connectivity index (χ1n) is 6.27. The highest BCUT2D eigenvalue weighted by Crippen LogP contribution is 2.23. The topological polar surface area (TPSA) is 32.8 Å². The molecule has 1 saturated heterocycles. The molecule has 1 aliphatic heterocycles. The third-order valence-corrected chi connectivity index (χ3v) is 3.44. The minimum absolute atomic E-state index is 0.175. The Bertz CT molecular complexity index is 386. The number of methoxy groups -OCH3 is 1. The lowest BCUT2D eigenvalue weighted by Crippen LogP contribution is -2.48. The molecule has 0 N–H and O–H groups in total. The highest BCUT2D eigenvalue weighted by molar-refractivity contribution is 5.77. The van der Waals surface area contributed by atoms with Crippen LogP contribution in [0, 0.1) is 0 Å². The fraction of sp³-hybridized carbons (Fsp3) is 0.500. The van der Waals surface area contributed by atoms with E-state index in [0.717, 1.165) is 31.7 Å². The summed E-state index contributed by atoms with van der Waals surface area (Å²) in [5, 5.41) is 0. The number of hydrogen-bond donors (Lipinski definition) is 0. The average molecular weight is 248 g/mol. The molecule has 1 aromatic carbocycles. The van der Waals surface area contributed by atoms with Gasteiger partial charge >= 0.3 is 5.97 Å². The lowest BCUT2D eigenvalue weighted by molar-refractivity contribution is -0.148. The van der Waals surface area contributed by atoms with Gasteiger partial charge in [-0.1, -0.05) is 30.3 Å². The maximum absolute atomic E-state index is 12.0. The van der Waals surface area contributed by atoms with Crippen LogP contribution in [0.4, 0.5) is 0 Å². The largest absolute Gasteiger partial charge is 0.468 e. The van der Waals surface area contributed by atoms with Gasteiger partial charge in [-0.05, 0) is 12.6 Å². The smallest absolute Gasteiger partial charge is 0.327 e. The van der Waals surface area contributed by atoms with Crippen LogP contribution in [-0.2, 0) is 9.53 Å². The molecule has 1 heterocycles. The normalized spacial score (nSPS) is 19.4. The van der Waals surface area contributed by atoms with Crippen molar-refractivity contribution in [1.29, 1.82) is 0 Å². The molecule has 2 rings (SSSR count). The number of carbonyl (C=O) groups is 1. The number of carbonyl (C=O) groups excluding carboxylic acids is 1. The third-order valence-electron chi connectivity index (χ3n) is 3.44. The SMILES string of the molecule is COC(=O)C(c1ccccc1)N1CCN(C)CC1. The number of benzene rings is 1. The molecular formula is C14H20N2O2. The second kappa shape index (κ2) is 5.98. The maximum atomic E-state index is 12.0. The second-order valence-electron chi connectivity index (χ2n) is 4.68. The Balaban J connectivity index is 2.18. The zero-order chi connectivity index (χ0) is 13.0. The number of esters is 1. The molecule has 1 fully saturated rings. The van der Waals surface area contributed by atoms with Gasteiger partial charge in [-0.15, -0.1) is 0 Å². The standard InChI is InChI=1S/C14H20N2O2/c1-15-8-10-16(11-9-15)13(14(17)18-2)12-6-4-3-5-7-12/h3-7,13H,8-11H2,1-2H3. The molecule has 98 valence electrons. The van der Waals surface area contributed by atoms with E-state index in [1.807, 2.05) is 30.3 Å². The lowest BCUT2D eigenvalue weighted by atomic mass is 10.0. The van der Waals surface area contributed by atoms with E-state index in [2.05, 4.69) is 16.8 Å². The van der Waals surface area contributed by atoms with Crippen molar-refractivity contribution >= 4 is 5.97 Å². The summed E-state index contributed by atoms with van der Waals surface area (Å²) in [5.74, 6) is -0.175.